The number of aliphatic carboxylic acids is 1. The molecule has 5 nitrogen and oxygen atoms in total. The number of hydrogen-bond acceptors (Lipinski definition) is 4. The van der Waals surface area contributed by atoms with E-state index in [1.807, 2.05) is 39.8 Å². The van der Waals surface area contributed by atoms with Crippen LogP contribution in [0.1, 0.15) is 37.8 Å². The number of nitrogens with zero attached hydrogens (tertiary/aromatic N) is 1. The van der Waals surface area contributed by atoms with Crippen LogP contribution in [-0.4, -0.2) is 34.4 Å². The molecule has 0 spiro atoms. The van der Waals surface area contributed by atoms with Gasteiger partial charge in [0.1, 0.15) is 6.54 Å². The molecular formula is C18H24BrNO4S. The number of hydrogen-bond donors (Lipinski definition) is 1. The van der Waals surface area contributed by atoms with E-state index in [0.717, 1.165) is 40.2 Å². The second-order valence-corrected chi connectivity index (χ2v) is 7.67. The molecule has 0 atom stereocenters. The lowest BCUT2D eigenvalue weighted by Gasteiger charge is -2.25. The first-order valence-electron chi connectivity index (χ1n) is 8.17. The summed E-state index contributed by atoms with van der Waals surface area (Å²) in [6.07, 6.45) is 1.47. The molecule has 1 rings (SSSR count). The van der Waals surface area contributed by atoms with E-state index in [1.54, 1.807) is 0 Å². The zero-order valence-corrected chi connectivity index (χ0v) is 17.4. The quantitative estimate of drug-likeness (QED) is 0.670. The van der Waals surface area contributed by atoms with Crippen molar-refractivity contribution in [2.75, 3.05) is 17.2 Å². The van der Waals surface area contributed by atoms with Gasteiger partial charge in [-0.1, -0.05) is 47.6 Å². The highest BCUT2D eigenvalue weighted by atomic mass is 79.9. The van der Waals surface area contributed by atoms with E-state index in [0.29, 0.717) is 5.69 Å². The number of rotatable bonds is 8. The third-order valence-electron chi connectivity index (χ3n) is 4.09. The average Bonchev–Trinajstić information content (AvgIpc) is 2.56. The Morgan fingerprint density at radius 1 is 1.20 bits per heavy atom. The monoisotopic (exact) mass is 429 g/mol. The van der Waals surface area contributed by atoms with E-state index in [2.05, 4.69) is 15.9 Å². The molecule has 1 amide bonds. The number of amides is 1. The highest BCUT2D eigenvalue weighted by molar-refractivity contribution is 9.10. The lowest BCUT2D eigenvalue weighted by molar-refractivity contribution is -0.136. The molecule has 0 saturated heterocycles. The van der Waals surface area contributed by atoms with E-state index >= 15 is 0 Å². The Morgan fingerprint density at radius 2 is 1.80 bits per heavy atom. The van der Waals surface area contributed by atoms with Gasteiger partial charge in [0.05, 0.1) is 11.4 Å². The largest absolute Gasteiger partial charge is 0.480 e. The van der Waals surface area contributed by atoms with Gasteiger partial charge in [-0.05, 0) is 43.9 Å². The molecule has 1 N–H and O–H groups in total. The summed E-state index contributed by atoms with van der Waals surface area (Å²) in [4.78, 5) is 37.3. The Bertz CT molecular complexity index is 659. The molecule has 0 heterocycles. The van der Waals surface area contributed by atoms with Crippen molar-refractivity contribution in [1.29, 1.82) is 0 Å². The molecule has 0 fully saturated rings. The molecule has 0 aliphatic rings. The third kappa shape index (κ3) is 5.85. The van der Waals surface area contributed by atoms with Gasteiger partial charge in [0.25, 0.3) is 0 Å². The molecule has 7 heteroatoms. The van der Waals surface area contributed by atoms with Gasteiger partial charge in [0.2, 0.25) is 5.91 Å². The molecule has 1 aromatic rings. The van der Waals surface area contributed by atoms with Gasteiger partial charge in [-0.2, -0.15) is 0 Å². The number of carbonyl (C=O) groups is 3. The minimum atomic E-state index is -1.09. The van der Waals surface area contributed by atoms with Gasteiger partial charge in [-0.3, -0.25) is 19.3 Å². The predicted molar refractivity (Wildman–Crippen MR) is 105 cm³/mol. The Kier molecular flexibility index (Phi) is 8.65. The maximum Gasteiger partial charge on any atom is 0.323 e. The highest BCUT2D eigenvalue weighted by Gasteiger charge is 2.25. The predicted octanol–water partition coefficient (Wildman–Crippen LogP) is 4.18. The van der Waals surface area contributed by atoms with Gasteiger partial charge < -0.3 is 5.11 Å². The molecule has 0 aliphatic carbocycles. The second-order valence-electron chi connectivity index (χ2n) is 5.83. The minimum Gasteiger partial charge on any atom is -0.480 e. The summed E-state index contributed by atoms with van der Waals surface area (Å²) in [5, 5.41) is 9.19. The lowest BCUT2D eigenvalue weighted by Crippen LogP contribution is -2.38. The number of benzene rings is 1. The number of thioether (sulfide) groups is 1. The normalized spacial score (nSPS) is 10.8. The number of carbonyl (C=O) groups excluding carboxylic acids is 2. The summed E-state index contributed by atoms with van der Waals surface area (Å²) >= 11 is 4.39. The van der Waals surface area contributed by atoms with E-state index in [9.17, 15) is 19.5 Å². The lowest BCUT2D eigenvalue weighted by atomic mass is 10.1. The van der Waals surface area contributed by atoms with Gasteiger partial charge in [0.15, 0.2) is 5.12 Å². The molecule has 0 bridgehead atoms. The van der Waals surface area contributed by atoms with Crippen molar-refractivity contribution in [2.24, 2.45) is 5.92 Å². The first-order valence-corrected chi connectivity index (χ1v) is 9.95. The minimum absolute atomic E-state index is 0.0173. The molecule has 0 radical (unpaired) electrons. The van der Waals surface area contributed by atoms with E-state index in [1.165, 1.54) is 4.90 Å². The first-order chi connectivity index (χ1) is 11.7. The van der Waals surface area contributed by atoms with Crippen LogP contribution >= 0.6 is 27.7 Å². The molecule has 1 aromatic carbocycles. The zero-order chi connectivity index (χ0) is 19.1. The summed E-state index contributed by atoms with van der Waals surface area (Å²) < 4.78 is 0.803. The topological polar surface area (TPSA) is 74.7 Å². The molecule has 138 valence electrons. The molecule has 0 aromatic heterocycles. The van der Waals surface area contributed by atoms with Crippen LogP contribution in [0.5, 0.6) is 0 Å². The highest BCUT2D eigenvalue weighted by Crippen LogP contribution is 2.31. The van der Waals surface area contributed by atoms with Crippen LogP contribution in [0.25, 0.3) is 0 Å². The van der Waals surface area contributed by atoms with Crippen molar-refractivity contribution in [1.82, 2.24) is 0 Å². The van der Waals surface area contributed by atoms with Crippen LogP contribution in [-0.2, 0) is 14.4 Å². The molecule has 0 unspecified atom stereocenters. The molecule has 0 aliphatic heterocycles. The van der Waals surface area contributed by atoms with Gasteiger partial charge in [-0.15, -0.1) is 0 Å². The average molecular weight is 430 g/mol. The molecule has 25 heavy (non-hydrogen) atoms. The van der Waals surface area contributed by atoms with Crippen molar-refractivity contribution in [3.05, 3.63) is 27.7 Å². The van der Waals surface area contributed by atoms with Crippen LogP contribution in [0.2, 0.25) is 0 Å². The maximum atomic E-state index is 12.7. The van der Waals surface area contributed by atoms with Gasteiger partial charge in [-0.25, -0.2) is 0 Å². The number of aryl methyl sites for hydroxylation is 1. The van der Waals surface area contributed by atoms with Crippen molar-refractivity contribution < 1.29 is 19.5 Å². The number of anilines is 1. The number of carboxylic acid groups (broad SMARTS) is 1. The van der Waals surface area contributed by atoms with E-state index in [-0.39, 0.29) is 22.7 Å². The molecular weight excluding hydrogens is 406 g/mol. The first kappa shape index (κ1) is 21.7. The Labute approximate surface area is 161 Å². The summed E-state index contributed by atoms with van der Waals surface area (Å²) in [6, 6.07) is 3.69. The van der Waals surface area contributed by atoms with E-state index < -0.39 is 12.5 Å². The fraction of sp³-hybridized carbons (Fsp3) is 0.500. The van der Waals surface area contributed by atoms with E-state index in [4.69, 9.17) is 0 Å². The Hall–Kier alpha value is -1.34. The van der Waals surface area contributed by atoms with Crippen molar-refractivity contribution in [3.63, 3.8) is 0 Å². The molecule has 0 saturated carbocycles. The van der Waals surface area contributed by atoms with Crippen molar-refractivity contribution in [2.45, 2.75) is 40.5 Å². The van der Waals surface area contributed by atoms with Crippen LogP contribution in [0.15, 0.2) is 16.6 Å². The van der Waals surface area contributed by atoms with Crippen LogP contribution in [0.3, 0.4) is 0 Å². The summed E-state index contributed by atoms with van der Waals surface area (Å²) in [5.74, 6) is -1.60. The summed E-state index contributed by atoms with van der Waals surface area (Å²) in [6.45, 7) is 7.12. The summed E-state index contributed by atoms with van der Waals surface area (Å²) in [5.41, 5.74) is 2.19. The smallest absolute Gasteiger partial charge is 0.323 e. The van der Waals surface area contributed by atoms with Crippen LogP contribution in [0, 0.1) is 19.8 Å². The fourth-order valence-electron chi connectivity index (χ4n) is 2.60. The maximum absolute atomic E-state index is 12.7. The SMILES string of the molecule is CCC(CC)C(=O)SCC(=O)N(CC(=O)O)c1c(C)ccc(Br)c1C. The Morgan fingerprint density at radius 3 is 2.32 bits per heavy atom. The van der Waals surface area contributed by atoms with Gasteiger partial charge >= 0.3 is 5.97 Å². The summed E-state index contributed by atoms with van der Waals surface area (Å²) in [7, 11) is 0. The van der Waals surface area contributed by atoms with Gasteiger partial charge in [0, 0.05) is 10.4 Å². The third-order valence-corrected chi connectivity index (χ3v) is 5.96. The Balaban J connectivity index is 3.04. The number of halogens is 1. The van der Waals surface area contributed by atoms with Crippen LogP contribution in [0.4, 0.5) is 5.69 Å². The van der Waals surface area contributed by atoms with Crippen molar-refractivity contribution in [3.8, 4) is 0 Å². The standard InChI is InChI=1S/C18H24BrNO4S/c1-5-13(6-2)18(24)25-10-15(21)20(9-16(22)23)17-11(3)7-8-14(19)12(17)4/h7-8,13H,5-6,9-10H2,1-4H3,(H,22,23). The fourth-order valence-corrected chi connectivity index (χ4v) is 3.91. The second kappa shape index (κ2) is 9.97. The van der Waals surface area contributed by atoms with Crippen LogP contribution < -0.4 is 4.90 Å². The van der Waals surface area contributed by atoms with Crippen molar-refractivity contribution >= 4 is 50.4 Å². The number of carboxylic acids is 1. The zero-order valence-electron chi connectivity index (χ0n) is 15.0.